The summed E-state index contributed by atoms with van der Waals surface area (Å²) in [5, 5.41) is 9.18. The van der Waals surface area contributed by atoms with Crippen LogP contribution in [0.3, 0.4) is 0 Å². The second kappa shape index (κ2) is 5.14. The molecule has 1 amide bonds. The van der Waals surface area contributed by atoms with Gasteiger partial charge in [0.1, 0.15) is 6.04 Å². The van der Waals surface area contributed by atoms with Crippen LogP contribution in [-0.4, -0.2) is 41.3 Å². The highest BCUT2D eigenvalue weighted by Gasteiger charge is 2.51. The van der Waals surface area contributed by atoms with Gasteiger partial charge in [-0.3, -0.25) is 4.90 Å². The van der Waals surface area contributed by atoms with Crippen LogP contribution in [0.4, 0.5) is 4.79 Å². The van der Waals surface area contributed by atoms with Gasteiger partial charge in [-0.2, -0.15) is 0 Å². The Bertz CT molecular complexity index is 454. The average molecular weight is 307 g/mol. The quantitative estimate of drug-likeness (QED) is 0.870. The van der Waals surface area contributed by atoms with Crippen molar-refractivity contribution in [3.05, 3.63) is 0 Å². The van der Waals surface area contributed by atoms with E-state index >= 15 is 0 Å². The number of rotatable bonds is 3. The maximum Gasteiger partial charge on any atom is 0.410 e. The van der Waals surface area contributed by atoms with E-state index < -0.39 is 18.1 Å². The van der Waals surface area contributed by atoms with Crippen LogP contribution in [0.1, 0.15) is 51.4 Å². The third kappa shape index (κ3) is 2.38. The molecule has 5 heteroatoms. The number of carboxylic acids is 1. The predicted molar refractivity (Wildman–Crippen MR) is 79.3 cm³/mol. The highest BCUT2D eigenvalue weighted by atomic mass is 16.6. The lowest BCUT2D eigenvalue weighted by molar-refractivity contribution is -0.142. The van der Waals surface area contributed by atoms with Gasteiger partial charge in [-0.1, -0.05) is 0 Å². The Morgan fingerprint density at radius 1 is 1.09 bits per heavy atom. The first-order chi connectivity index (χ1) is 10.5. The van der Waals surface area contributed by atoms with Crippen LogP contribution in [0.15, 0.2) is 0 Å². The summed E-state index contributed by atoms with van der Waals surface area (Å²) in [4.78, 5) is 24.9. The van der Waals surface area contributed by atoms with Gasteiger partial charge in [-0.25, -0.2) is 9.59 Å². The Morgan fingerprint density at radius 2 is 1.68 bits per heavy atom. The molecule has 5 fully saturated rings. The molecule has 1 aliphatic heterocycles. The van der Waals surface area contributed by atoms with Gasteiger partial charge in [0.05, 0.1) is 6.61 Å². The van der Waals surface area contributed by atoms with Crippen LogP contribution in [0, 0.1) is 23.2 Å². The molecule has 0 aromatic heterocycles. The molecule has 5 rings (SSSR count). The van der Waals surface area contributed by atoms with Gasteiger partial charge in [0, 0.05) is 12.0 Å². The molecule has 5 aliphatic rings. The fourth-order valence-corrected chi connectivity index (χ4v) is 6.01. The number of amides is 1. The molecular formula is C17H25NO4. The number of hydrogen-bond donors (Lipinski definition) is 1. The SMILES string of the molecule is O=C(O)C1CCCN1C(=O)OCC12CC3CC(CC(C3)C1)C2. The van der Waals surface area contributed by atoms with Crippen molar-refractivity contribution in [1.82, 2.24) is 4.90 Å². The van der Waals surface area contributed by atoms with Gasteiger partial charge in [0.2, 0.25) is 0 Å². The van der Waals surface area contributed by atoms with E-state index in [0.29, 0.717) is 19.6 Å². The number of carboxylic acid groups (broad SMARTS) is 1. The maximum absolute atomic E-state index is 12.3. The summed E-state index contributed by atoms with van der Waals surface area (Å²) in [5.41, 5.74) is 0.197. The summed E-state index contributed by atoms with van der Waals surface area (Å²) in [6, 6.07) is -0.691. The minimum Gasteiger partial charge on any atom is -0.480 e. The van der Waals surface area contributed by atoms with Crippen LogP contribution in [0.25, 0.3) is 0 Å². The summed E-state index contributed by atoms with van der Waals surface area (Å²) < 4.78 is 5.61. The Kier molecular flexibility index (Phi) is 3.35. The monoisotopic (exact) mass is 307 g/mol. The fraction of sp³-hybridized carbons (Fsp3) is 0.882. The topological polar surface area (TPSA) is 66.8 Å². The Labute approximate surface area is 131 Å². The van der Waals surface area contributed by atoms with Gasteiger partial charge < -0.3 is 9.84 Å². The zero-order chi connectivity index (χ0) is 15.3. The van der Waals surface area contributed by atoms with Crippen molar-refractivity contribution in [3.8, 4) is 0 Å². The minimum atomic E-state index is -0.913. The normalized spacial score (nSPS) is 42.6. The molecule has 1 heterocycles. The summed E-state index contributed by atoms with van der Waals surface area (Å²) >= 11 is 0. The van der Waals surface area contributed by atoms with Gasteiger partial charge in [0.25, 0.3) is 0 Å². The van der Waals surface area contributed by atoms with Crippen LogP contribution in [-0.2, 0) is 9.53 Å². The zero-order valence-corrected chi connectivity index (χ0v) is 13.0. The van der Waals surface area contributed by atoms with E-state index in [9.17, 15) is 14.7 Å². The molecule has 0 aromatic rings. The van der Waals surface area contributed by atoms with Crippen molar-refractivity contribution in [2.75, 3.05) is 13.2 Å². The number of carbonyl (C=O) groups excluding carboxylic acids is 1. The highest BCUT2D eigenvalue weighted by Crippen LogP contribution is 2.60. The molecule has 22 heavy (non-hydrogen) atoms. The summed E-state index contributed by atoms with van der Waals surface area (Å²) in [5.74, 6) is 1.60. The Morgan fingerprint density at radius 3 is 2.23 bits per heavy atom. The van der Waals surface area contributed by atoms with Crippen LogP contribution in [0.2, 0.25) is 0 Å². The molecule has 0 spiro atoms. The lowest BCUT2D eigenvalue weighted by atomic mass is 9.50. The van der Waals surface area contributed by atoms with E-state index in [4.69, 9.17) is 4.74 Å². The zero-order valence-electron chi connectivity index (χ0n) is 13.0. The van der Waals surface area contributed by atoms with E-state index in [2.05, 4.69) is 0 Å². The standard InChI is InChI=1S/C17H25NO4/c19-15(20)14-2-1-3-18(14)16(21)22-10-17-7-11-4-12(8-17)6-13(5-11)9-17/h11-14H,1-10H2,(H,19,20). The average Bonchev–Trinajstić information content (AvgIpc) is 2.93. The van der Waals surface area contributed by atoms with E-state index in [-0.39, 0.29) is 5.41 Å². The fourth-order valence-electron chi connectivity index (χ4n) is 6.01. The molecule has 0 aromatic carbocycles. The first-order valence-corrected chi connectivity index (χ1v) is 8.71. The molecule has 1 unspecified atom stereocenters. The minimum absolute atomic E-state index is 0.197. The molecule has 0 radical (unpaired) electrons. The second-order valence-electron chi connectivity index (χ2n) is 8.16. The van der Waals surface area contributed by atoms with Crippen molar-refractivity contribution < 1.29 is 19.4 Å². The van der Waals surface area contributed by atoms with Crippen LogP contribution in [0.5, 0.6) is 0 Å². The second-order valence-corrected chi connectivity index (χ2v) is 8.16. The van der Waals surface area contributed by atoms with Crippen molar-refractivity contribution in [1.29, 1.82) is 0 Å². The molecule has 1 N–H and O–H groups in total. The van der Waals surface area contributed by atoms with Gasteiger partial charge in [0.15, 0.2) is 0 Å². The molecule has 4 saturated carbocycles. The molecule has 1 saturated heterocycles. The number of aliphatic carboxylic acids is 1. The molecule has 4 bridgehead atoms. The third-order valence-electron chi connectivity index (χ3n) is 6.44. The lowest BCUT2D eigenvalue weighted by Crippen LogP contribution is -2.49. The first kappa shape index (κ1) is 14.3. The van der Waals surface area contributed by atoms with Gasteiger partial charge in [-0.05, 0) is 69.1 Å². The first-order valence-electron chi connectivity index (χ1n) is 8.71. The number of carbonyl (C=O) groups is 2. The Balaban J connectivity index is 1.38. The largest absolute Gasteiger partial charge is 0.480 e. The lowest BCUT2D eigenvalue weighted by Gasteiger charge is -2.56. The van der Waals surface area contributed by atoms with Crippen molar-refractivity contribution in [2.45, 2.75) is 57.4 Å². The Hall–Kier alpha value is -1.26. The number of ether oxygens (including phenoxy) is 1. The molecule has 122 valence electrons. The van der Waals surface area contributed by atoms with Gasteiger partial charge in [-0.15, -0.1) is 0 Å². The molecule has 4 aliphatic carbocycles. The van der Waals surface area contributed by atoms with Crippen molar-refractivity contribution >= 4 is 12.1 Å². The van der Waals surface area contributed by atoms with E-state index in [1.807, 2.05) is 0 Å². The number of nitrogens with zero attached hydrogens (tertiary/aromatic N) is 1. The van der Waals surface area contributed by atoms with E-state index in [1.54, 1.807) is 0 Å². The number of likely N-dealkylation sites (tertiary alicyclic amines) is 1. The molecule has 5 nitrogen and oxygen atoms in total. The summed E-state index contributed by atoms with van der Waals surface area (Å²) in [6.07, 6.45) is 8.62. The van der Waals surface area contributed by atoms with Crippen molar-refractivity contribution in [3.63, 3.8) is 0 Å². The van der Waals surface area contributed by atoms with Crippen LogP contribution >= 0.6 is 0 Å². The highest BCUT2D eigenvalue weighted by molar-refractivity contribution is 5.80. The van der Waals surface area contributed by atoms with Crippen molar-refractivity contribution in [2.24, 2.45) is 23.2 Å². The van der Waals surface area contributed by atoms with Crippen LogP contribution < -0.4 is 0 Å². The van der Waals surface area contributed by atoms with Gasteiger partial charge >= 0.3 is 12.1 Å². The third-order valence-corrected chi connectivity index (χ3v) is 6.44. The smallest absolute Gasteiger partial charge is 0.410 e. The molecule has 1 atom stereocenters. The molecular weight excluding hydrogens is 282 g/mol. The van der Waals surface area contributed by atoms with E-state index in [0.717, 1.165) is 24.2 Å². The number of hydrogen-bond acceptors (Lipinski definition) is 3. The summed E-state index contributed by atoms with van der Waals surface area (Å²) in [7, 11) is 0. The summed E-state index contributed by atoms with van der Waals surface area (Å²) in [6.45, 7) is 1.01. The van der Waals surface area contributed by atoms with E-state index in [1.165, 1.54) is 43.4 Å². The predicted octanol–water partition coefficient (Wildman–Crippen LogP) is 2.89. The maximum atomic E-state index is 12.3.